The molecule has 0 heterocycles. The molecule has 17 heavy (non-hydrogen) atoms. The van der Waals surface area contributed by atoms with Gasteiger partial charge in [0.15, 0.2) is 0 Å². The molecule has 0 amide bonds. The van der Waals surface area contributed by atoms with Gasteiger partial charge >= 0.3 is 5.97 Å². The van der Waals surface area contributed by atoms with Crippen LogP contribution in [0.25, 0.3) is 6.08 Å². The van der Waals surface area contributed by atoms with E-state index in [9.17, 15) is 9.59 Å². The molecule has 0 aliphatic carbocycles. The average Bonchev–Trinajstić information content (AvgIpc) is 2.28. The van der Waals surface area contributed by atoms with Crippen molar-refractivity contribution in [1.29, 1.82) is 0 Å². The molecule has 0 fully saturated rings. The number of benzene rings is 1. The first-order chi connectivity index (χ1) is 8.11. The lowest BCUT2D eigenvalue weighted by Gasteiger charge is -1.99. The van der Waals surface area contributed by atoms with Crippen LogP contribution in [0.5, 0.6) is 0 Å². The number of hydrogen-bond donors (Lipinski definition) is 0. The van der Waals surface area contributed by atoms with Crippen LogP contribution in [0.4, 0.5) is 0 Å². The summed E-state index contributed by atoms with van der Waals surface area (Å²) in [5.41, 5.74) is 1.89. The second kappa shape index (κ2) is 6.63. The number of hydrogen-bond acceptors (Lipinski definition) is 3. The predicted molar refractivity (Wildman–Crippen MR) is 66.5 cm³/mol. The zero-order valence-electron chi connectivity index (χ0n) is 10.1. The molecule has 0 radical (unpaired) electrons. The lowest BCUT2D eigenvalue weighted by molar-refractivity contribution is -0.137. The molecule has 0 saturated carbocycles. The van der Waals surface area contributed by atoms with Crippen molar-refractivity contribution in [2.24, 2.45) is 0 Å². The van der Waals surface area contributed by atoms with Crippen molar-refractivity contribution in [3.8, 4) is 0 Å². The fourth-order valence-electron chi connectivity index (χ4n) is 1.39. The van der Waals surface area contributed by atoms with Gasteiger partial charge in [0, 0.05) is 12.5 Å². The van der Waals surface area contributed by atoms with E-state index in [1.807, 2.05) is 24.3 Å². The first kappa shape index (κ1) is 13.2. The maximum absolute atomic E-state index is 11.1. The molecular weight excluding hydrogens is 216 g/mol. The molecule has 1 aromatic carbocycles. The summed E-state index contributed by atoms with van der Waals surface area (Å²) in [4.78, 5) is 22.0. The molecule has 0 spiro atoms. The van der Waals surface area contributed by atoms with Crippen molar-refractivity contribution in [1.82, 2.24) is 0 Å². The van der Waals surface area contributed by atoms with Crippen molar-refractivity contribution in [2.75, 3.05) is 6.61 Å². The van der Waals surface area contributed by atoms with E-state index >= 15 is 0 Å². The summed E-state index contributed by atoms with van der Waals surface area (Å²) in [6, 6.07) is 7.50. The third-order valence-corrected chi connectivity index (χ3v) is 2.13. The molecule has 3 heteroatoms. The van der Waals surface area contributed by atoms with Crippen LogP contribution >= 0.6 is 0 Å². The van der Waals surface area contributed by atoms with Gasteiger partial charge in [0.2, 0.25) is 0 Å². The maximum Gasteiger partial charge on any atom is 0.330 e. The molecule has 0 aliphatic heterocycles. The molecule has 3 nitrogen and oxygen atoms in total. The molecule has 0 N–H and O–H groups in total. The highest BCUT2D eigenvalue weighted by Crippen LogP contribution is 2.07. The number of rotatable bonds is 5. The topological polar surface area (TPSA) is 43.4 Å². The lowest BCUT2D eigenvalue weighted by atomic mass is 10.1. The number of carbonyl (C=O) groups excluding carboxylic acids is 2. The second-order valence-electron chi connectivity index (χ2n) is 3.71. The van der Waals surface area contributed by atoms with Crippen molar-refractivity contribution >= 4 is 17.8 Å². The highest BCUT2D eigenvalue weighted by Gasteiger charge is 1.97. The summed E-state index contributed by atoms with van der Waals surface area (Å²) < 4.78 is 4.77. The number of Topliss-reactive ketones (excluding diaryl/α,β-unsaturated/α-hetero) is 1. The van der Waals surface area contributed by atoms with Gasteiger partial charge < -0.3 is 4.74 Å². The Morgan fingerprint density at radius 2 is 1.88 bits per heavy atom. The van der Waals surface area contributed by atoms with Gasteiger partial charge in [0.25, 0.3) is 0 Å². The number of carbonyl (C=O) groups is 2. The molecule has 0 bridgehead atoms. The molecule has 90 valence electrons. The maximum atomic E-state index is 11.1. The normalized spacial score (nSPS) is 10.5. The Morgan fingerprint density at radius 3 is 2.41 bits per heavy atom. The van der Waals surface area contributed by atoms with Crippen LogP contribution in [0.2, 0.25) is 0 Å². The van der Waals surface area contributed by atoms with E-state index in [1.165, 1.54) is 6.08 Å². The standard InChI is InChI=1S/C14H16O3/c1-3-17-14(16)9-8-12-4-6-13(7-5-12)10-11(2)15/h4-9H,3,10H2,1-2H3. The molecule has 0 atom stereocenters. The SMILES string of the molecule is CCOC(=O)C=Cc1ccc(CC(C)=O)cc1. The van der Waals surface area contributed by atoms with E-state index in [0.717, 1.165) is 11.1 Å². The summed E-state index contributed by atoms with van der Waals surface area (Å²) in [5, 5.41) is 0. The summed E-state index contributed by atoms with van der Waals surface area (Å²) >= 11 is 0. The smallest absolute Gasteiger partial charge is 0.330 e. The Balaban J connectivity index is 2.62. The van der Waals surface area contributed by atoms with Gasteiger partial charge in [-0.15, -0.1) is 0 Å². The van der Waals surface area contributed by atoms with Gasteiger partial charge in [0.05, 0.1) is 6.61 Å². The van der Waals surface area contributed by atoms with Gasteiger partial charge in [0.1, 0.15) is 5.78 Å². The number of esters is 1. The number of ether oxygens (including phenoxy) is 1. The minimum atomic E-state index is -0.347. The number of ketones is 1. The molecule has 0 aromatic heterocycles. The van der Waals surface area contributed by atoms with Crippen LogP contribution < -0.4 is 0 Å². The highest BCUT2D eigenvalue weighted by molar-refractivity contribution is 5.87. The van der Waals surface area contributed by atoms with Crippen LogP contribution in [0.15, 0.2) is 30.3 Å². The van der Waals surface area contributed by atoms with Crippen molar-refractivity contribution in [2.45, 2.75) is 20.3 Å². The third kappa shape index (κ3) is 5.11. The summed E-state index contributed by atoms with van der Waals surface area (Å²) in [6.45, 7) is 3.71. The third-order valence-electron chi connectivity index (χ3n) is 2.13. The van der Waals surface area contributed by atoms with E-state index in [4.69, 9.17) is 4.74 Å². The first-order valence-corrected chi connectivity index (χ1v) is 5.55. The van der Waals surface area contributed by atoms with Crippen LogP contribution in [-0.2, 0) is 20.7 Å². The van der Waals surface area contributed by atoms with Gasteiger partial charge in [-0.25, -0.2) is 4.79 Å². The van der Waals surface area contributed by atoms with Gasteiger partial charge in [-0.05, 0) is 31.1 Å². The monoisotopic (exact) mass is 232 g/mol. The Labute approximate surface area is 101 Å². The summed E-state index contributed by atoms with van der Waals surface area (Å²) in [6.07, 6.45) is 3.53. The van der Waals surface area contributed by atoms with Crippen molar-refractivity contribution in [3.05, 3.63) is 41.5 Å². The van der Waals surface area contributed by atoms with Gasteiger partial charge in [-0.3, -0.25) is 4.79 Å². The van der Waals surface area contributed by atoms with Gasteiger partial charge in [-0.2, -0.15) is 0 Å². The van der Waals surface area contributed by atoms with E-state index in [-0.39, 0.29) is 11.8 Å². The predicted octanol–water partition coefficient (Wildman–Crippen LogP) is 2.39. The van der Waals surface area contributed by atoms with Crippen LogP contribution in [0, 0.1) is 0 Å². The quantitative estimate of drug-likeness (QED) is 0.578. The fraction of sp³-hybridized carbons (Fsp3) is 0.286. The van der Waals surface area contributed by atoms with Crippen LogP contribution in [0.1, 0.15) is 25.0 Å². The fourth-order valence-corrected chi connectivity index (χ4v) is 1.39. The van der Waals surface area contributed by atoms with Gasteiger partial charge in [-0.1, -0.05) is 24.3 Å². The largest absolute Gasteiger partial charge is 0.463 e. The Kier molecular flexibility index (Phi) is 5.14. The van der Waals surface area contributed by atoms with Crippen molar-refractivity contribution in [3.63, 3.8) is 0 Å². The zero-order chi connectivity index (χ0) is 12.7. The zero-order valence-corrected chi connectivity index (χ0v) is 10.1. The summed E-state index contributed by atoms with van der Waals surface area (Å²) in [5.74, 6) is -0.208. The van der Waals surface area contributed by atoms with E-state index < -0.39 is 0 Å². The van der Waals surface area contributed by atoms with Crippen LogP contribution in [-0.4, -0.2) is 18.4 Å². The minimum absolute atomic E-state index is 0.139. The molecule has 1 rings (SSSR count). The van der Waals surface area contributed by atoms with E-state index in [0.29, 0.717) is 13.0 Å². The second-order valence-corrected chi connectivity index (χ2v) is 3.71. The molecule has 0 unspecified atom stereocenters. The lowest BCUT2D eigenvalue weighted by Crippen LogP contribution is -1.98. The minimum Gasteiger partial charge on any atom is -0.463 e. The van der Waals surface area contributed by atoms with Crippen LogP contribution in [0.3, 0.4) is 0 Å². The first-order valence-electron chi connectivity index (χ1n) is 5.55. The Hall–Kier alpha value is -1.90. The molecular formula is C14H16O3. The van der Waals surface area contributed by atoms with E-state index in [2.05, 4.69) is 0 Å². The Morgan fingerprint density at radius 1 is 1.24 bits per heavy atom. The average molecular weight is 232 g/mol. The summed E-state index contributed by atoms with van der Waals surface area (Å²) in [7, 11) is 0. The van der Waals surface area contributed by atoms with E-state index in [1.54, 1.807) is 19.9 Å². The molecule has 0 saturated heterocycles. The molecule has 0 aliphatic rings. The highest BCUT2D eigenvalue weighted by atomic mass is 16.5. The molecule has 1 aromatic rings. The Bertz CT molecular complexity index is 416. The van der Waals surface area contributed by atoms with Crippen molar-refractivity contribution < 1.29 is 14.3 Å².